The highest BCUT2D eigenvalue weighted by Crippen LogP contribution is 2.16. The molecule has 1 aromatic rings. The number of amides is 4. The van der Waals surface area contributed by atoms with Gasteiger partial charge in [-0.25, -0.2) is 17.6 Å². The molecule has 27 heavy (non-hydrogen) atoms. The molecule has 2 aliphatic heterocycles. The molecule has 8 nitrogen and oxygen atoms in total. The van der Waals surface area contributed by atoms with Gasteiger partial charge in [-0.1, -0.05) is 12.1 Å². The number of rotatable bonds is 6. The first-order valence-electron chi connectivity index (χ1n) is 8.59. The van der Waals surface area contributed by atoms with E-state index < -0.39 is 39.7 Å². The van der Waals surface area contributed by atoms with E-state index in [2.05, 4.69) is 10.6 Å². The van der Waals surface area contributed by atoms with Gasteiger partial charge in [0.15, 0.2) is 9.84 Å². The smallest absolute Gasteiger partial charge is 0.325 e. The highest BCUT2D eigenvalue weighted by atomic mass is 32.2. The van der Waals surface area contributed by atoms with Crippen LogP contribution < -0.4 is 10.6 Å². The second kappa shape index (κ2) is 7.63. The number of carbonyl (C=O) groups excluding carboxylic acids is 3. The standard InChI is InChI=1S/C17H20FN3O5S/c18-12-3-1-2-11(8-12)9-21-16(23)14(20-17(21)24)4-5-15(22)19-13-6-7-27(25,26)10-13/h1-3,8,13-14H,4-7,9-10H2,(H,19,22)(H,20,24)/t13?,14-/m0/s1. The fourth-order valence-electron chi connectivity index (χ4n) is 3.22. The topological polar surface area (TPSA) is 113 Å². The fraction of sp³-hybridized carbons (Fsp3) is 0.471. The third kappa shape index (κ3) is 4.82. The van der Waals surface area contributed by atoms with Gasteiger partial charge in [0.25, 0.3) is 5.91 Å². The summed E-state index contributed by atoms with van der Waals surface area (Å²) in [6.07, 6.45) is 0.477. The van der Waals surface area contributed by atoms with Crippen LogP contribution in [0.4, 0.5) is 9.18 Å². The minimum atomic E-state index is -3.09. The summed E-state index contributed by atoms with van der Waals surface area (Å²) in [4.78, 5) is 37.4. The zero-order valence-corrected chi connectivity index (χ0v) is 15.3. The molecule has 0 spiro atoms. The summed E-state index contributed by atoms with van der Waals surface area (Å²) < 4.78 is 36.1. The van der Waals surface area contributed by atoms with E-state index in [-0.39, 0.29) is 36.8 Å². The van der Waals surface area contributed by atoms with Crippen LogP contribution in [0.5, 0.6) is 0 Å². The zero-order chi connectivity index (χ0) is 19.6. The Morgan fingerprint density at radius 3 is 2.78 bits per heavy atom. The molecule has 0 saturated carbocycles. The van der Waals surface area contributed by atoms with E-state index in [9.17, 15) is 27.2 Å². The number of hydrogen-bond acceptors (Lipinski definition) is 5. The molecule has 0 radical (unpaired) electrons. The van der Waals surface area contributed by atoms with Crippen molar-refractivity contribution in [2.24, 2.45) is 0 Å². The van der Waals surface area contributed by atoms with Crippen molar-refractivity contribution in [1.82, 2.24) is 15.5 Å². The van der Waals surface area contributed by atoms with Crippen molar-refractivity contribution in [2.45, 2.75) is 37.9 Å². The summed E-state index contributed by atoms with van der Waals surface area (Å²) in [6.45, 7) is -0.0505. The number of urea groups is 1. The molecular formula is C17H20FN3O5S. The molecule has 2 fully saturated rings. The molecule has 0 bridgehead atoms. The lowest BCUT2D eigenvalue weighted by molar-refractivity contribution is -0.128. The Balaban J connectivity index is 1.50. The van der Waals surface area contributed by atoms with Gasteiger partial charge in [-0.2, -0.15) is 0 Å². The monoisotopic (exact) mass is 397 g/mol. The summed E-state index contributed by atoms with van der Waals surface area (Å²) in [7, 11) is -3.09. The maximum Gasteiger partial charge on any atom is 0.325 e. The minimum absolute atomic E-state index is 0.0129. The van der Waals surface area contributed by atoms with Crippen LogP contribution in [0.1, 0.15) is 24.8 Å². The normalized spacial score (nSPS) is 24.1. The van der Waals surface area contributed by atoms with Crippen molar-refractivity contribution in [2.75, 3.05) is 11.5 Å². The van der Waals surface area contributed by atoms with E-state index >= 15 is 0 Å². The Kier molecular flexibility index (Phi) is 5.45. The largest absolute Gasteiger partial charge is 0.352 e. The van der Waals surface area contributed by atoms with Gasteiger partial charge in [-0.3, -0.25) is 14.5 Å². The van der Waals surface area contributed by atoms with E-state index in [0.29, 0.717) is 12.0 Å². The number of nitrogens with zero attached hydrogens (tertiary/aromatic N) is 1. The number of sulfone groups is 1. The quantitative estimate of drug-likeness (QED) is 0.672. The highest BCUT2D eigenvalue weighted by Gasteiger charge is 2.38. The fourth-order valence-corrected chi connectivity index (χ4v) is 4.90. The molecule has 3 rings (SSSR count). The van der Waals surface area contributed by atoms with E-state index in [1.807, 2.05) is 0 Å². The summed E-state index contributed by atoms with van der Waals surface area (Å²) in [5.41, 5.74) is 0.485. The third-order valence-corrected chi connectivity index (χ3v) is 6.36. The Labute approximate surface area is 156 Å². The Morgan fingerprint density at radius 2 is 2.11 bits per heavy atom. The van der Waals surface area contributed by atoms with Gasteiger partial charge in [0.05, 0.1) is 18.1 Å². The number of carbonyl (C=O) groups is 3. The number of benzene rings is 1. The number of halogens is 1. The lowest BCUT2D eigenvalue weighted by Crippen LogP contribution is -2.37. The van der Waals surface area contributed by atoms with Crippen LogP contribution in [0.15, 0.2) is 24.3 Å². The lowest BCUT2D eigenvalue weighted by atomic mass is 10.1. The van der Waals surface area contributed by atoms with Gasteiger partial charge in [-0.05, 0) is 30.5 Å². The van der Waals surface area contributed by atoms with Gasteiger partial charge in [0.2, 0.25) is 5.91 Å². The maximum atomic E-state index is 13.3. The number of hydrogen-bond donors (Lipinski definition) is 2. The summed E-state index contributed by atoms with van der Waals surface area (Å²) in [5, 5.41) is 5.16. The molecule has 1 unspecified atom stereocenters. The average Bonchev–Trinajstić information content (AvgIpc) is 3.06. The first kappa shape index (κ1) is 19.3. The molecule has 2 aliphatic rings. The van der Waals surface area contributed by atoms with Crippen LogP contribution in [-0.4, -0.2) is 54.8 Å². The SMILES string of the molecule is O=C(CC[C@@H]1NC(=O)N(Cc2cccc(F)c2)C1=O)NC1CCS(=O)(=O)C1. The van der Waals surface area contributed by atoms with Crippen molar-refractivity contribution >= 4 is 27.7 Å². The van der Waals surface area contributed by atoms with Crippen LogP contribution in [0.25, 0.3) is 0 Å². The first-order chi connectivity index (χ1) is 12.7. The lowest BCUT2D eigenvalue weighted by Gasteiger charge is -2.14. The van der Waals surface area contributed by atoms with Crippen molar-refractivity contribution in [3.63, 3.8) is 0 Å². The van der Waals surface area contributed by atoms with E-state index in [1.165, 1.54) is 18.2 Å². The Hall–Kier alpha value is -2.49. The van der Waals surface area contributed by atoms with E-state index in [0.717, 1.165) is 4.90 Å². The van der Waals surface area contributed by atoms with Crippen LogP contribution in [0.3, 0.4) is 0 Å². The van der Waals surface area contributed by atoms with E-state index in [1.54, 1.807) is 6.07 Å². The van der Waals surface area contributed by atoms with Gasteiger partial charge in [0, 0.05) is 12.5 Å². The van der Waals surface area contributed by atoms with Crippen molar-refractivity contribution in [3.05, 3.63) is 35.6 Å². The van der Waals surface area contributed by atoms with Crippen LogP contribution in [0, 0.1) is 5.82 Å². The molecule has 2 N–H and O–H groups in total. The molecule has 1 aromatic carbocycles. The molecule has 4 amide bonds. The van der Waals surface area contributed by atoms with Crippen LogP contribution in [0.2, 0.25) is 0 Å². The van der Waals surface area contributed by atoms with Crippen molar-refractivity contribution < 1.29 is 27.2 Å². The van der Waals surface area contributed by atoms with Gasteiger partial charge in [0.1, 0.15) is 11.9 Å². The highest BCUT2D eigenvalue weighted by molar-refractivity contribution is 7.91. The zero-order valence-electron chi connectivity index (χ0n) is 14.5. The average molecular weight is 397 g/mol. The number of imide groups is 1. The van der Waals surface area contributed by atoms with Gasteiger partial charge in [-0.15, -0.1) is 0 Å². The summed E-state index contributed by atoms with van der Waals surface area (Å²) in [5.74, 6) is -1.30. The van der Waals surface area contributed by atoms with Crippen molar-refractivity contribution in [1.29, 1.82) is 0 Å². The predicted octanol–water partition coefficient (Wildman–Crippen LogP) is 0.330. The molecular weight excluding hydrogens is 377 g/mol. The summed E-state index contributed by atoms with van der Waals surface area (Å²) >= 11 is 0. The maximum absolute atomic E-state index is 13.3. The predicted molar refractivity (Wildman–Crippen MR) is 93.7 cm³/mol. The van der Waals surface area contributed by atoms with Gasteiger partial charge < -0.3 is 10.6 Å². The number of nitrogens with one attached hydrogen (secondary N) is 2. The molecule has 2 atom stereocenters. The molecule has 0 aromatic heterocycles. The van der Waals surface area contributed by atoms with Crippen LogP contribution in [-0.2, 0) is 26.0 Å². The molecule has 10 heteroatoms. The molecule has 2 heterocycles. The second-order valence-electron chi connectivity index (χ2n) is 6.76. The molecule has 2 saturated heterocycles. The molecule has 146 valence electrons. The summed E-state index contributed by atoms with van der Waals surface area (Å²) in [6, 6.07) is 3.80. The van der Waals surface area contributed by atoms with E-state index in [4.69, 9.17) is 0 Å². The van der Waals surface area contributed by atoms with Crippen molar-refractivity contribution in [3.8, 4) is 0 Å². The minimum Gasteiger partial charge on any atom is -0.352 e. The third-order valence-electron chi connectivity index (χ3n) is 4.59. The molecule has 0 aliphatic carbocycles. The van der Waals surface area contributed by atoms with Crippen LogP contribution >= 0.6 is 0 Å². The first-order valence-corrected chi connectivity index (χ1v) is 10.4. The van der Waals surface area contributed by atoms with Gasteiger partial charge >= 0.3 is 6.03 Å². The Bertz CT molecular complexity index is 873. The second-order valence-corrected chi connectivity index (χ2v) is 8.99. The Morgan fingerprint density at radius 1 is 1.33 bits per heavy atom.